The molecular formula is C27H27ClN+. The number of quaternary nitrogens is 1. The van der Waals surface area contributed by atoms with Gasteiger partial charge in [0.25, 0.3) is 0 Å². The fraction of sp³-hybridized carbons (Fsp3) is 0.333. The second-order valence-corrected chi connectivity index (χ2v) is 10.2. The Hall–Kier alpha value is -2.09. The minimum absolute atomic E-state index is 0.00187. The van der Waals surface area contributed by atoms with Crippen LogP contribution in [0.2, 0.25) is 5.02 Å². The fourth-order valence-electron chi connectivity index (χ4n) is 6.63. The number of hydrogen-bond donors (Lipinski definition) is 0. The Balaban J connectivity index is 1.52. The van der Waals surface area contributed by atoms with Crippen LogP contribution in [0.3, 0.4) is 0 Å². The van der Waals surface area contributed by atoms with Crippen LogP contribution in [0.1, 0.15) is 53.6 Å². The van der Waals surface area contributed by atoms with Crippen molar-refractivity contribution in [3.05, 3.63) is 106 Å². The van der Waals surface area contributed by atoms with E-state index in [0.717, 1.165) is 15.9 Å². The molecule has 2 heterocycles. The number of likely N-dealkylation sites (N-methyl/N-ethyl adjacent to an activating group) is 1. The summed E-state index contributed by atoms with van der Waals surface area (Å²) in [6, 6.07) is 27.6. The average molecular weight is 401 g/mol. The van der Waals surface area contributed by atoms with Crippen molar-refractivity contribution in [2.75, 3.05) is 13.6 Å². The number of benzene rings is 3. The lowest BCUT2D eigenvalue weighted by atomic mass is 9.77. The van der Waals surface area contributed by atoms with Crippen molar-refractivity contribution >= 4 is 11.6 Å². The summed E-state index contributed by atoms with van der Waals surface area (Å²) in [4.78, 5) is 0. The average Bonchev–Trinajstić information content (AvgIpc) is 3.50. The minimum Gasteiger partial charge on any atom is -0.307 e. The standard InChI is InChI=1S/C27H27ClN/c1-26-23-9-5-3-7-19(23)17-25(22-8-4-6-10-24(22)26)29(26,2)18-27(15-16-27)20-11-13-21(28)14-12-20/h3-14,25H,15-18H2,1-2H3/q+1/t25-,26+,29+/m0/s1. The van der Waals surface area contributed by atoms with Crippen LogP contribution in [0.25, 0.3) is 0 Å². The van der Waals surface area contributed by atoms with Crippen molar-refractivity contribution in [3.8, 4) is 0 Å². The molecule has 0 N–H and O–H groups in total. The van der Waals surface area contributed by atoms with E-state index < -0.39 is 0 Å². The predicted molar refractivity (Wildman–Crippen MR) is 119 cm³/mol. The molecule has 3 aromatic carbocycles. The highest BCUT2D eigenvalue weighted by Crippen LogP contribution is 2.63. The first-order chi connectivity index (χ1) is 14.0. The molecule has 1 aliphatic carbocycles. The number of rotatable bonds is 3. The van der Waals surface area contributed by atoms with Crippen molar-refractivity contribution < 1.29 is 4.48 Å². The summed E-state index contributed by atoms with van der Waals surface area (Å²) in [5.74, 6) is 0. The Labute approximate surface area is 178 Å². The Kier molecular flexibility index (Phi) is 3.51. The van der Waals surface area contributed by atoms with E-state index in [2.05, 4.69) is 86.8 Å². The molecular weight excluding hydrogens is 374 g/mol. The quantitative estimate of drug-likeness (QED) is 0.446. The van der Waals surface area contributed by atoms with Crippen LogP contribution in [0.15, 0.2) is 72.8 Å². The molecule has 3 atom stereocenters. The van der Waals surface area contributed by atoms with Gasteiger partial charge in [-0.1, -0.05) is 72.3 Å². The van der Waals surface area contributed by atoms with Crippen LogP contribution in [0.5, 0.6) is 0 Å². The first-order valence-corrected chi connectivity index (χ1v) is 11.1. The molecule has 0 spiro atoms. The van der Waals surface area contributed by atoms with Gasteiger partial charge in [0.2, 0.25) is 0 Å². The van der Waals surface area contributed by atoms with E-state index in [1.54, 1.807) is 5.56 Å². The molecule has 2 aliphatic heterocycles. The van der Waals surface area contributed by atoms with E-state index in [1.165, 1.54) is 41.6 Å². The van der Waals surface area contributed by atoms with Gasteiger partial charge < -0.3 is 4.48 Å². The molecule has 0 radical (unpaired) electrons. The summed E-state index contributed by atoms with van der Waals surface area (Å²) in [6.45, 7) is 3.68. The topological polar surface area (TPSA) is 0 Å². The Morgan fingerprint density at radius 2 is 1.55 bits per heavy atom. The summed E-state index contributed by atoms with van der Waals surface area (Å²) in [6.07, 6.45) is 3.70. The van der Waals surface area contributed by atoms with Crippen LogP contribution in [0, 0.1) is 0 Å². The highest BCUT2D eigenvalue weighted by Gasteiger charge is 2.65. The smallest absolute Gasteiger partial charge is 0.149 e. The van der Waals surface area contributed by atoms with Gasteiger partial charge in [0.1, 0.15) is 11.6 Å². The first kappa shape index (κ1) is 17.7. The van der Waals surface area contributed by atoms with Gasteiger partial charge in [-0.2, -0.15) is 0 Å². The number of nitrogens with zero attached hydrogens (tertiary/aromatic N) is 1. The summed E-state index contributed by atoms with van der Waals surface area (Å²) < 4.78 is 1.08. The second-order valence-electron chi connectivity index (χ2n) is 9.75. The maximum Gasteiger partial charge on any atom is 0.149 e. The normalized spacial score (nSPS) is 30.5. The molecule has 3 aromatic rings. The fourth-order valence-corrected chi connectivity index (χ4v) is 6.75. The third-order valence-corrected chi connectivity index (χ3v) is 8.70. The van der Waals surface area contributed by atoms with E-state index in [9.17, 15) is 0 Å². The highest BCUT2D eigenvalue weighted by molar-refractivity contribution is 6.30. The van der Waals surface area contributed by atoms with Crippen molar-refractivity contribution in [1.29, 1.82) is 0 Å². The largest absolute Gasteiger partial charge is 0.307 e. The van der Waals surface area contributed by atoms with Gasteiger partial charge in [-0.3, -0.25) is 0 Å². The zero-order valence-electron chi connectivity index (χ0n) is 17.2. The third-order valence-electron chi connectivity index (χ3n) is 8.45. The lowest BCUT2D eigenvalue weighted by Gasteiger charge is -2.53. The minimum atomic E-state index is -0.00187. The number of fused-ring (bicyclic) bond motifs is 7. The summed E-state index contributed by atoms with van der Waals surface area (Å²) in [5.41, 5.74) is 7.89. The predicted octanol–water partition coefficient (Wildman–Crippen LogP) is 6.39. The van der Waals surface area contributed by atoms with Crippen LogP contribution in [-0.2, 0) is 17.4 Å². The van der Waals surface area contributed by atoms with E-state index in [4.69, 9.17) is 11.6 Å². The Morgan fingerprint density at radius 3 is 2.28 bits per heavy atom. The lowest BCUT2D eigenvalue weighted by Crippen LogP contribution is -2.61. The molecule has 0 unspecified atom stereocenters. The van der Waals surface area contributed by atoms with E-state index in [0.29, 0.717) is 6.04 Å². The molecule has 29 heavy (non-hydrogen) atoms. The van der Waals surface area contributed by atoms with E-state index in [1.807, 2.05) is 0 Å². The van der Waals surface area contributed by atoms with Gasteiger partial charge in [0, 0.05) is 33.5 Å². The maximum atomic E-state index is 6.19. The monoisotopic (exact) mass is 400 g/mol. The van der Waals surface area contributed by atoms with Crippen molar-refractivity contribution in [2.45, 2.75) is 43.2 Å². The molecule has 0 saturated heterocycles. The number of halogens is 1. The molecule has 1 saturated carbocycles. The second kappa shape index (κ2) is 5.74. The van der Waals surface area contributed by atoms with Gasteiger partial charge in [-0.05, 0) is 43.0 Å². The lowest BCUT2D eigenvalue weighted by molar-refractivity contribution is -0.983. The maximum absolute atomic E-state index is 6.19. The molecule has 0 aromatic heterocycles. The zero-order valence-corrected chi connectivity index (χ0v) is 17.9. The number of hydrogen-bond acceptors (Lipinski definition) is 0. The van der Waals surface area contributed by atoms with Crippen molar-refractivity contribution in [1.82, 2.24) is 0 Å². The molecule has 2 bridgehead atoms. The molecule has 2 heteroatoms. The summed E-state index contributed by atoms with van der Waals surface area (Å²) >= 11 is 6.19. The van der Waals surface area contributed by atoms with Gasteiger partial charge in [-0.25, -0.2) is 0 Å². The third kappa shape index (κ3) is 2.21. The van der Waals surface area contributed by atoms with Crippen LogP contribution in [-0.4, -0.2) is 18.1 Å². The summed E-state index contributed by atoms with van der Waals surface area (Å²) in [5, 5.41) is 0.830. The first-order valence-electron chi connectivity index (χ1n) is 10.8. The van der Waals surface area contributed by atoms with Crippen LogP contribution in [0.4, 0.5) is 0 Å². The Bertz CT molecular complexity index is 1100. The molecule has 3 aliphatic rings. The molecule has 1 fully saturated rings. The van der Waals surface area contributed by atoms with Crippen LogP contribution >= 0.6 is 11.6 Å². The van der Waals surface area contributed by atoms with Gasteiger partial charge in [0.05, 0.1) is 13.6 Å². The van der Waals surface area contributed by atoms with Crippen LogP contribution < -0.4 is 0 Å². The highest BCUT2D eigenvalue weighted by atomic mass is 35.5. The molecule has 146 valence electrons. The van der Waals surface area contributed by atoms with E-state index >= 15 is 0 Å². The molecule has 1 nitrogen and oxygen atoms in total. The molecule has 6 rings (SSSR count). The van der Waals surface area contributed by atoms with Gasteiger partial charge in [-0.15, -0.1) is 0 Å². The zero-order chi connectivity index (χ0) is 19.9. The van der Waals surface area contributed by atoms with Gasteiger partial charge >= 0.3 is 0 Å². The van der Waals surface area contributed by atoms with E-state index in [-0.39, 0.29) is 11.0 Å². The summed E-state index contributed by atoms with van der Waals surface area (Å²) in [7, 11) is 2.52. The molecule has 0 amide bonds. The van der Waals surface area contributed by atoms with Gasteiger partial charge in [0.15, 0.2) is 0 Å². The Morgan fingerprint density at radius 1 is 0.897 bits per heavy atom. The van der Waals surface area contributed by atoms with Crippen molar-refractivity contribution in [3.63, 3.8) is 0 Å². The SMILES string of the molecule is C[C@@]12c3ccccc3C[C@@H](c3ccccc31)[N@@+]2(C)CC1(c2ccc(Cl)cc2)CC1. The van der Waals surface area contributed by atoms with Crippen molar-refractivity contribution in [2.24, 2.45) is 0 Å².